The molecule has 98 valence electrons. The maximum absolute atomic E-state index is 12.4. The van der Waals surface area contributed by atoms with E-state index in [0.717, 1.165) is 50.7 Å². The van der Waals surface area contributed by atoms with E-state index < -0.39 is 0 Å². The Morgan fingerprint density at radius 1 is 1.39 bits per heavy atom. The van der Waals surface area contributed by atoms with Crippen molar-refractivity contribution in [3.63, 3.8) is 0 Å². The summed E-state index contributed by atoms with van der Waals surface area (Å²) >= 11 is 0. The molecule has 1 amide bonds. The number of rotatable bonds is 1. The number of hydrogen-bond acceptors (Lipinski definition) is 3. The number of nitrogens with zero attached hydrogens (tertiary/aromatic N) is 1. The molecule has 0 aliphatic carbocycles. The van der Waals surface area contributed by atoms with E-state index in [2.05, 4.69) is 0 Å². The third-order valence-corrected chi connectivity index (χ3v) is 4.18. The molecule has 0 N–H and O–H groups in total. The third kappa shape index (κ3) is 1.85. The Labute approximate surface area is 107 Å². The predicted octanol–water partition coefficient (Wildman–Crippen LogP) is 2.15. The summed E-state index contributed by atoms with van der Waals surface area (Å²) in [7, 11) is 0. The zero-order valence-corrected chi connectivity index (χ0v) is 11.0. The normalized spacial score (nSPS) is 27.3. The van der Waals surface area contributed by atoms with Crippen LogP contribution in [0.4, 0.5) is 0 Å². The van der Waals surface area contributed by atoms with Gasteiger partial charge in [0.05, 0.1) is 12.2 Å². The first-order chi connectivity index (χ1) is 8.60. The van der Waals surface area contributed by atoms with Crippen LogP contribution in [-0.2, 0) is 4.74 Å². The number of amides is 1. The third-order valence-electron chi connectivity index (χ3n) is 4.18. The number of furan rings is 1. The lowest BCUT2D eigenvalue weighted by atomic mass is 9.87. The number of likely N-dealkylation sites (tertiary alicyclic amines) is 1. The zero-order chi connectivity index (χ0) is 12.8. The second-order valence-electron chi connectivity index (χ2n) is 5.61. The van der Waals surface area contributed by atoms with Gasteiger partial charge in [-0.3, -0.25) is 4.79 Å². The van der Waals surface area contributed by atoms with E-state index in [1.54, 1.807) is 0 Å². The molecule has 3 rings (SSSR count). The van der Waals surface area contributed by atoms with Crippen LogP contribution in [0.1, 0.15) is 34.7 Å². The Hall–Kier alpha value is -1.29. The first-order valence-electron chi connectivity index (χ1n) is 6.54. The van der Waals surface area contributed by atoms with Gasteiger partial charge in [-0.25, -0.2) is 0 Å². The zero-order valence-electron chi connectivity index (χ0n) is 11.0. The van der Waals surface area contributed by atoms with Gasteiger partial charge in [0.15, 0.2) is 0 Å². The lowest BCUT2D eigenvalue weighted by Gasteiger charge is -2.21. The van der Waals surface area contributed by atoms with Crippen molar-refractivity contribution >= 4 is 5.91 Å². The number of carbonyl (C=O) groups is 1. The molecule has 4 heteroatoms. The van der Waals surface area contributed by atoms with Crippen molar-refractivity contribution in [3.8, 4) is 0 Å². The molecule has 1 aromatic heterocycles. The molecule has 2 aliphatic heterocycles. The van der Waals surface area contributed by atoms with Crippen LogP contribution >= 0.6 is 0 Å². The minimum absolute atomic E-state index is 0.105. The summed E-state index contributed by atoms with van der Waals surface area (Å²) in [6.07, 6.45) is 2.15. The quantitative estimate of drug-likeness (QED) is 0.766. The number of hydrogen-bond donors (Lipinski definition) is 0. The van der Waals surface area contributed by atoms with Crippen molar-refractivity contribution < 1.29 is 13.9 Å². The van der Waals surface area contributed by atoms with Crippen molar-refractivity contribution in [2.45, 2.75) is 26.7 Å². The first-order valence-corrected chi connectivity index (χ1v) is 6.54. The average Bonchev–Trinajstić information content (AvgIpc) is 3.02. The van der Waals surface area contributed by atoms with Gasteiger partial charge in [0.25, 0.3) is 5.91 Å². The Morgan fingerprint density at radius 2 is 2.22 bits per heavy atom. The highest BCUT2D eigenvalue weighted by Gasteiger charge is 2.43. The number of carbonyl (C=O) groups excluding carboxylic acids is 1. The SMILES string of the molecule is Cc1cc(C(=O)N2CC[C@@]3(CCOC3)C2)c(C)o1. The Bertz CT molecular complexity index is 471. The minimum atomic E-state index is 0.105. The Morgan fingerprint density at radius 3 is 2.83 bits per heavy atom. The fourth-order valence-electron chi connectivity index (χ4n) is 3.09. The summed E-state index contributed by atoms with van der Waals surface area (Å²) in [6.45, 7) is 7.04. The van der Waals surface area contributed by atoms with Crippen LogP contribution < -0.4 is 0 Å². The highest BCUT2D eigenvalue weighted by molar-refractivity contribution is 5.95. The molecule has 0 aromatic carbocycles. The van der Waals surface area contributed by atoms with Crippen LogP contribution in [0.3, 0.4) is 0 Å². The lowest BCUT2D eigenvalue weighted by Crippen LogP contribution is -2.32. The van der Waals surface area contributed by atoms with E-state index in [0.29, 0.717) is 5.56 Å². The van der Waals surface area contributed by atoms with E-state index in [4.69, 9.17) is 9.15 Å². The molecule has 18 heavy (non-hydrogen) atoms. The van der Waals surface area contributed by atoms with Gasteiger partial charge in [0.1, 0.15) is 11.5 Å². The second-order valence-corrected chi connectivity index (χ2v) is 5.61. The van der Waals surface area contributed by atoms with Gasteiger partial charge in [-0.05, 0) is 32.8 Å². The summed E-state index contributed by atoms with van der Waals surface area (Å²) in [5.41, 5.74) is 0.936. The largest absolute Gasteiger partial charge is 0.466 e. The van der Waals surface area contributed by atoms with E-state index in [1.165, 1.54) is 0 Å². The van der Waals surface area contributed by atoms with Crippen LogP contribution in [0.2, 0.25) is 0 Å². The summed E-state index contributed by atoms with van der Waals surface area (Å²) in [4.78, 5) is 14.4. The predicted molar refractivity (Wildman–Crippen MR) is 66.6 cm³/mol. The number of aryl methyl sites for hydroxylation is 2. The Balaban J connectivity index is 1.76. The maximum atomic E-state index is 12.4. The van der Waals surface area contributed by atoms with Gasteiger partial charge in [0.2, 0.25) is 0 Å². The molecule has 2 saturated heterocycles. The number of ether oxygens (including phenoxy) is 1. The average molecular weight is 249 g/mol. The minimum Gasteiger partial charge on any atom is -0.466 e. The maximum Gasteiger partial charge on any atom is 0.257 e. The van der Waals surface area contributed by atoms with Gasteiger partial charge in [-0.15, -0.1) is 0 Å². The van der Waals surface area contributed by atoms with E-state index in [9.17, 15) is 4.79 Å². The molecule has 0 radical (unpaired) electrons. The smallest absolute Gasteiger partial charge is 0.257 e. The van der Waals surface area contributed by atoms with Gasteiger partial charge in [0, 0.05) is 25.1 Å². The van der Waals surface area contributed by atoms with Crippen LogP contribution in [0.15, 0.2) is 10.5 Å². The van der Waals surface area contributed by atoms with Crippen LogP contribution in [0.5, 0.6) is 0 Å². The van der Waals surface area contributed by atoms with E-state index in [1.807, 2.05) is 24.8 Å². The molecular formula is C14H19NO3. The molecule has 0 bridgehead atoms. The molecule has 4 nitrogen and oxygen atoms in total. The van der Waals surface area contributed by atoms with Crippen molar-refractivity contribution in [1.29, 1.82) is 0 Å². The second kappa shape index (κ2) is 4.12. The summed E-state index contributed by atoms with van der Waals surface area (Å²) < 4.78 is 10.9. The van der Waals surface area contributed by atoms with E-state index in [-0.39, 0.29) is 11.3 Å². The van der Waals surface area contributed by atoms with Crippen molar-refractivity contribution in [3.05, 3.63) is 23.2 Å². The molecule has 3 heterocycles. The molecule has 1 atom stereocenters. The fraction of sp³-hybridized carbons (Fsp3) is 0.643. The van der Waals surface area contributed by atoms with Gasteiger partial charge < -0.3 is 14.1 Å². The monoisotopic (exact) mass is 249 g/mol. The fourth-order valence-corrected chi connectivity index (χ4v) is 3.09. The van der Waals surface area contributed by atoms with Crippen LogP contribution in [0.25, 0.3) is 0 Å². The summed E-state index contributed by atoms with van der Waals surface area (Å²) in [5.74, 6) is 1.63. The van der Waals surface area contributed by atoms with Gasteiger partial charge in [-0.2, -0.15) is 0 Å². The lowest BCUT2D eigenvalue weighted by molar-refractivity contribution is 0.0764. The highest BCUT2D eigenvalue weighted by atomic mass is 16.5. The summed E-state index contributed by atoms with van der Waals surface area (Å²) in [6, 6.07) is 1.84. The van der Waals surface area contributed by atoms with Crippen molar-refractivity contribution in [1.82, 2.24) is 4.90 Å². The van der Waals surface area contributed by atoms with Crippen molar-refractivity contribution in [2.75, 3.05) is 26.3 Å². The van der Waals surface area contributed by atoms with E-state index >= 15 is 0 Å². The topological polar surface area (TPSA) is 42.7 Å². The molecule has 0 saturated carbocycles. The molecule has 1 aromatic rings. The first kappa shape index (κ1) is 11.8. The molecule has 2 aliphatic rings. The molecule has 1 spiro atoms. The van der Waals surface area contributed by atoms with Crippen LogP contribution in [0, 0.1) is 19.3 Å². The molecule has 0 unspecified atom stereocenters. The molecule has 2 fully saturated rings. The van der Waals surface area contributed by atoms with Crippen molar-refractivity contribution in [2.24, 2.45) is 5.41 Å². The summed E-state index contributed by atoms with van der Waals surface area (Å²) in [5, 5.41) is 0. The highest BCUT2D eigenvalue weighted by Crippen LogP contribution is 2.38. The molecular weight excluding hydrogens is 230 g/mol. The Kier molecular flexibility index (Phi) is 2.70. The van der Waals surface area contributed by atoms with Gasteiger partial charge in [-0.1, -0.05) is 0 Å². The van der Waals surface area contributed by atoms with Crippen LogP contribution in [-0.4, -0.2) is 37.1 Å². The standard InChI is InChI=1S/C14H19NO3/c1-10-7-12(11(2)18-10)13(16)15-5-3-14(8-15)4-6-17-9-14/h7H,3-6,8-9H2,1-2H3/t14-/m1/s1. The van der Waals surface area contributed by atoms with Gasteiger partial charge >= 0.3 is 0 Å².